The number of carboxylic acid groups (broad SMARTS) is 1. The molecule has 1 amide bonds. The zero-order valence-corrected chi connectivity index (χ0v) is 17.5. The topological polar surface area (TPSA) is 102 Å². The third-order valence-electron chi connectivity index (χ3n) is 4.99. The summed E-state index contributed by atoms with van der Waals surface area (Å²) in [6.45, 7) is 1.90. The Bertz CT molecular complexity index is 963. The van der Waals surface area contributed by atoms with Crippen molar-refractivity contribution < 1.29 is 29.0 Å². The first kappa shape index (κ1) is 21.6. The molecule has 0 aliphatic heterocycles. The molecule has 1 aliphatic carbocycles. The molecule has 1 aromatic heterocycles. The molecule has 0 unspecified atom stereocenters. The average molecular weight is 429 g/mol. The normalized spacial score (nSPS) is 17.9. The van der Waals surface area contributed by atoms with Crippen molar-refractivity contribution in [2.45, 2.75) is 19.8 Å². The molecular formula is C22H23NO6S. The fourth-order valence-corrected chi connectivity index (χ4v) is 4.38. The van der Waals surface area contributed by atoms with E-state index in [1.54, 1.807) is 37.6 Å². The molecule has 1 aromatic carbocycles. The number of hydrogen-bond donors (Lipinski definition) is 2. The number of rotatable bonds is 7. The van der Waals surface area contributed by atoms with Gasteiger partial charge in [0.25, 0.3) is 0 Å². The molecule has 2 atom stereocenters. The van der Waals surface area contributed by atoms with Crippen LogP contribution in [0.5, 0.6) is 5.75 Å². The molecule has 2 aromatic rings. The number of nitrogens with one attached hydrogen (secondary N) is 1. The van der Waals surface area contributed by atoms with Gasteiger partial charge in [-0.3, -0.25) is 9.59 Å². The van der Waals surface area contributed by atoms with E-state index in [0.29, 0.717) is 29.2 Å². The summed E-state index contributed by atoms with van der Waals surface area (Å²) >= 11 is 1.21. The third kappa shape index (κ3) is 4.54. The molecule has 0 fully saturated rings. The van der Waals surface area contributed by atoms with Crippen LogP contribution in [-0.4, -0.2) is 36.7 Å². The van der Waals surface area contributed by atoms with Gasteiger partial charge in [-0.2, -0.15) is 0 Å². The van der Waals surface area contributed by atoms with E-state index in [1.807, 2.05) is 18.2 Å². The van der Waals surface area contributed by atoms with Crippen LogP contribution in [0.4, 0.5) is 5.00 Å². The van der Waals surface area contributed by atoms with Crippen molar-refractivity contribution in [2.24, 2.45) is 11.8 Å². The second-order valence-corrected chi connectivity index (χ2v) is 7.67. The number of carbonyl (C=O) groups is 3. The molecule has 3 rings (SSSR count). The number of aliphatic carboxylic acids is 1. The summed E-state index contributed by atoms with van der Waals surface area (Å²) in [6.07, 6.45) is 4.24. The molecule has 2 N–H and O–H groups in total. The molecule has 1 heterocycles. The van der Waals surface area contributed by atoms with Gasteiger partial charge < -0.3 is 19.9 Å². The summed E-state index contributed by atoms with van der Waals surface area (Å²) in [5.41, 5.74) is 1.67. The number of esters is 1. The van der Waals surface area contributed by atoms with E-state index in [9.17, 15) is 19.5 Å². The van der Waals surface area contributed by atoms with Crippen LogP contribution in [0.15, 0.2) is 41.8 Å². The monoisotopic (exact) mass is 429 g/mol. The summed E-state index contributed by atoms with van der Waals surface area (Å²) in [4.78, 5) is 37.1. The number of ether oxygens (including phenoxy) is 2. The van der Waals surface area contributed by atoms with Gasteiger partial charge in [0.2, 0.25) is 5.91 Å². The minimum absolute atomic E-state index is 0.193. The molecule has 158 valence electrons. The Hall–Kier alpha value is -3.13. The molecule has 0 saturated heterocycles. The van der Waals surface area contributed by atoms with Gasteiger partial charge in [0, 0.05) is 10.9 Å². The van der Waals surface area contributed by atoms with Crippen LogP contribution < -0.4 is 10.1 Å². The fourth-order valence-electron chi connectivity index (χ4n) is 3.42. The average Bonchev–Trinajstić information content (AvgIpc) is 3.17. The number of anilines is 1. The predicted octanol–water partition coefficient (Wildman–Crippen LogP) is 4.21. The maximum absolute atomic E-state index is 12.9. The summed E-state index contributed by atoms with van der Waals surface area (Å²) in [5.74, 6) is -2.77. The van der Waals surface area contributed by atoms with Gasteiger partial charge in [-0.05, 0) is 37.5 Å². The standard InChI is InChI=1S/C22H23NO6S/c1-3-29-22(27)18-17(13-8-10-14(28-2)11-9-13)12-30-20(18)23-19(24)15-6-4-5-7-16(15)21(25)26/h4-5,8-12,15-16H,3,6-7H2,1-2H3,(H,23,24)(H,25,26)/t15-,16+/m0/s1. The molecule has 0 saturated carbocycles. The minimum atomic E-state index is -1.00. The number of thiophene rings is 1. The predicted molar refractivity (Wildman–Crippen MR) is 114 cm³/mol. The molecular weight excluding hydrogens is 406 g/mol. The van der Waals surface area contributed by atoms with Crippen molar-refractivity contribution in [3.05, 3.63) is 47.4 Å². The number of methoxy groups -OCH3 is 1. The maximum atomic E-state index is 12.9. The molecule has 0 bridgehead atoms. The van der Waals surface area contributed by atoms with Gasteiger partial charge in [-0.15, -0.1) is 11.3 Å². The lowest BCUT2D eigenvalue weighted by atomic mass is 9.82. The van der Waals surface area contributed by atoms with E-state index in [1.165, 1.54) is 11.3 Å². The van der Waals surface area contributed by atoms with Crippen molar-refractivity contribution in [1.82, 2.24) is 0 Å². The van der Waals surface area contributed by atoms with Crippen LogP contribution in [0.25, 0.3) is 11.1 Å². The first-order chi connectivity index (χ1) is 14.5. The van der Waals surface area contributed by atoms with E-state index >= 15 is 0 Å². The highest BCUT2D eigenvalue weighted by Crippen LogP contribution is 2.38. The number of amides is 1. The highest BCUT2D eigenvalue weighted by molar-refractivity contribution is 7.15. The van der Waals surface area contributed by atoms with Gasteiger partial charge in [0.15, 0.2) is 0 Å². The van der Waals surface area contributed by atoms with Crippen LogP contribution in [0.3, 0.4) is 0 Å². The van der Waals surface area contributed by atoms with Gasteiger partial charge in [0.1, 0.15) is 16.3 Å². The number of allylic oxidation sites excluding steroid dienone is 2. The van der Waals surface area contributed by atoms with Crippen LogP contribution in [0, 0.1) is 11.8 Å². The highest BCUT2D eigenvalue weighted by Gasteiger charge is 2.35. The lowest BCUT2D eigenvalue weighted by Crippen LogP contribution is -2.34. The Kier molecular flexibility index (Phi) is 6.89. The third-order valence-corrected chi connectivity index (χ3v) is 5.89. The van der Waals surface area contributed by atoms with E-state index in [0.717, 1.165) is 5.56 Å². The summed E-state index contributed by atoms with van der Waals surface area (Å²) in [5, 5.41) is 14.3. The molecule has 0 spiro atoms. The fraction of sp³-hybridized carbons (Fsp3) is 0.318. The first-order valence-corrected chi connectivity index (χ1v) is 10.5. The SMILES string of the molecule is CCOC(=O)c1c(-c2ccc(OC)cc2)csc1NC(=O)[C@H]1CC=CC[C@H]1C(=O)O. The van der Waals surface area contributed by atoms with Gasteiger partial charge in [-0.25, -0.2) is 4.79 Å². The maximum Gasteiger partial charge on any atom is 0.341 e. The van der Waals surface area contributed by atoms with Crippen molar-refractivity contribution in [2.75, 3.05) is 19.0 Å². The number of carboxylic acids is 1. The Morgan fingerprint density at radius 3 is 2.40 bits per heavy atom. The molecule has 1 aliphatic rings. The van der Waals surface area contributed by atoms with E-state index in [2.05, 4.69) is 5.32 Å². The quantitative estimate of drug-likeness (QED) is 0.505. The molecule has 7 nitrogen and oxygen atoms in total. The van der Waals surface area contributed by atoms with E-state index < -0.39 is 29.7 Å². The lowest BCUT2D eigenvalue weighted by Gasteiger charge is -2.24. The summed E-state index contributed by atoms with van der Waals surface area (Å²) in [6, 6.07) is 7.21. The lowest BCUT2D eigenvalue weighted by molar-refractivity contribution is -0.146. The van der Waals surface area contributed by atoms with Crippen LogP contribution in [0.2, 0.25) is 0 Å². The minimum Gasteiger partial charge on any atom is -0.497 e. The molecule has 8 heteroatoms. The highest BCUT2D eigenvalue weighted by atomic mass is 32.1. The molecule has 0 radical (unpaired) electrons. The number of benzene rings is 1. The van der Waals surface area contributed by atoms with Crippen LogP contribution in [0.1, 0.15) is 30.1 Å². The summed E-state index contributed by atoms with van der Waals surface area (Å²) in [7, 11) is 1.57. The van der Waals surface area contributed by atoms with Crippen LogP contribution >= 0.6 is 11.3 Å². The zero-order chi connectivity index (χ0) is 21.7. The largest absolute Gasteiger partial charge is 0.497 e. The number of carbonyl (C=O) groups excluding carboxylic acids is 2. The smallest absolute Gasteiger partial charge is 0.341 e. The first-order valence-electron chi connectivity index (χ1n) is 9.58. The van der Waals surface area contributed by atoms with Crippen LogP contribution in [-0.2, 0) is 14.3 Å². The Balaban J connectivity index is 1.93. The second-order valence-electron chi connectivity index (χ2n) is 6.79. The zero-order valence-electron chi connectivity index (χ0n) is 16.7. The van der Waals surface area contributed by atoms with E-state index in [-0.39, 0.29) is 12.2 Å². The van der Waals surface area contributed by atoms with Crippen molar-refractivity contribution >= 4 is 34.2 Å². The van der Waals surface area contributed by atoms with Gasteiger partial charge in [-0.1, -0.05) is 24.3 Å². The van der Waals surface area contributed by atoms with Crippen molar-refractivity contribution in [1.29, 1.82) is 0 Å². The second kappa shape index (κ2) is 9.58. The van der Waals surface area contributed by atoms with Gasteiger partial charge in [0.05, 0.1) is 25.6 Å². The van der Waals surface area contributed by atoms with Gasteiger partial charge >= 0.3 is 11.9 Å². The Morgan fingerprint density at radius 1 is 1.13 bits per heavy atom. The van der Waals surface area contributed by atoms with E-state index in [4.69, 9.17) is 9.47 Å². The number of hydrogen-bond acceptors (Lipinski definition) is 6. The summed E-state index contributed by atoms with van der Waals surface area (Å²) < 4.78 is 10.4. The van der Waals surface area contributed by atoms with Crippen molar-refractivity contribution in [3.8, 4) is 16.9 Å². The Morgan fingerprint density at radius 2 is 1.80 bits per heavy atom. The van der Waals surface area contributed by atoms with Crippen molar-refractivity contribution in [3.63, 3.8) is 0 Å². The Labute approximate surface area is 178 Å². The molecule has 30 heavy (non-hydrogen) atoms.